The minimum atomic E-state index is -0.547. The summed E-state index contributed by atoms with van der Waals surface area (Å²) in [6.07, 6.45) is 3.64. The molecule has 0 spiro atoms. The van der Waals surface area contributed by atoms with Gasteiger partial charge in [0.15, 0.2) is 17.3 Å². The molecular formula is C25H20O5. The van der Waals surface area contributed by atoms with Crippen LogP contribution in [0.3, 0.4) is 0 Å². The monoisotopic (exact) mass is 400 g/mol. The molecule has 30 heavy (non-hydrogen) atoms. The highest BCUT2D eigenvalue weighted by Crippen LogP contribution is 2.31. The van der Waals surface area contributed by atoms with Crippen molar-refractivity contribution in [1.29, 1.82) is 0 Å². The normalized spacial score (nSPS) is 12.5. The van der Waals surface area contributed by atoms with Gasteiger partial charge in [-0.3, -0.25) is 4.79 Å². The Kier molecular flexibility index (Phi) is 5.90. The molecular weight excluding hydrogens is 380 g/mol. The van der Waals surface area contributed by atoms with E-state index in [-0.39, 0.29) is 23.5 Å². The maximum atomic E-state index is 13.1. The number of esters is 1. The van der Waals surface area contributed by atoms with Crippen molar-refractivity contribution in [3.8, 4) is 11.5 Å². The fourth-order valence-corrected chi connectivity index (χ4v) is 3.15. The lowest BCUT2D eigenvalue weighted by Crippen LogP contribution is -2.16. The van der Waals surface area contributed by atoms with Crippen LogP contribution >= 0.6 is 0 Å². The maximum Gasteiger partial charge on any atom is 0.339 e. The summed E-state index contributed by atoms with van der Waals surface area (Å²) in [6.45, 7) is 1.03. The second-order valence-electron chi connectivity index (χ2n) is 6.64. The van der Waals surface area contributed by atoms with Gasteiger partial charge in [-0.15, -0.1) is 0 Å². The van der Waals surface area contributed by atoms with Crippen molar-refractivity contribution in [2.45, 2.75) is 0 Å². The Hall–Kier alpha value is -3.86. The van der Waals surface area contributed by atoms with Gasteiger partial charge in [-0.25, -0.2) is 4.79 Å². The van der Waals surface area contributed by atoms with E-state index in [0.29, 0.717) is 30.3 Å². The Labute approximate surface area is 174 Å². The summed E-state index contributed by atoms with van der Waals surface area (Å²) in [5.74, 6) is 0.308. The fraction of sp³-hybridized carbons (Fsp3) is 0.120. The zero-order chi connectivity index (χ0) is 20.8. The van der Waals surface area contributed by atoms with Crippen molar-refractivity contribution in [2.24, 2.45) is 0 Å². The van der Waals surface area contributed by atoms with Crippen LogP contribution in [0.1, 0.15) is 31.8 Å². The molecule has 0 saturated carbocycles. The van der Waals surface area contributed by atoms with Gasteiger partial charge in [0, 0.05) is 11.1 Å². The lowest BCUT2D eigenvalue weighted by Gasteiger charge is -2.18. The van der Waals surface area contributed by atoms with E-state index in [9.17, 15) is 9.59 Å². The minimum absolute atomic E-state index is 0.111. The van der Waals surface area contributed by atoms with Crippen molar-refractivity contribution in [1.82, 2.24) is 0 Å². The molecule has 1 aliphatic heterocycles. The fourth-order valence-electron chi connectivity index (χ4n) is 3.15. The topological polar surface area (TPSA) is 61.8 Å². The number of fused-ring (bicyclic) bond motifs is 1. The molecule has 0 bridgehead atoms. The second-order valence-corrected chi connectivity index (χ2v) is 6.64. The SMILES string of the molecule is O=C(OC/C=C/c1ccccc1)c1ccccc1C(=O)c1ccc2c(c1)OCCO2. The van der Waals surface area contributed by atoms with Gasteiger partial charge in [0.25, 0.3) is 0 Å². The Morgan fingerprint density at radius 3 is 2.33 bits per heavy atom. The third-order valence-corrected chi connectivity index (χ3v) is 4.62. The highest BCUT2D eigenvalue weighted by Gasteiger charge is 2.21. The number of ketones is 1. The molecule has 0 radical (unpaired) electrons. The molecule has 3 aromatic rings. The average molecular weight is 400 g/mol. The summed E-state index contributed by atoms with van der Waals surface area (Å²) in [6, 6.07) is 21.4. The van der Waals surface area contributed by atoms with E-state index in [0.717, 1.165) is 5.56 Å². The molecule has 1 heterocycles. The average Bonchev–Trinajstić information content (AvgIpc) is 2.81. The zero-order valence-corrected chi connectivity index (χ0v) is 16.2. The van der Waals surface area contributed by atoms with Crippen LogP contribution in [0.15, 0.2) is 78.9 Å². The first kappa shape index (κ1) is 19.5. The van der Waals surface area contributed by atoms with E-state index in [1.54, 1.807) is 48.5 Å². The van der Waals surface area contributed by atoms with E-state index in [1.165, 1.54) is 0 Å². The molecule has 0 aromatic heterocycles. The van der Waals surface area contributed by atoms with Crippen LogP contribution in [0.5, 0.6) is 11.5 Å². The van der Waals surface area contributed by atoms with Crippen LogP contribution in [0.2, 0.25) is 0 Å². The van der Waals surface area contributed by atoms with Gasteiger partial charge in [0.1, 0.15) is 19.8 Å². The van der Waals surface area contributed by atoms with Crippen LogP contribution in [0, 0.1) is 0 Å². The van der Waals surface area contributed by atoms with Crippen molar-refractivity contribution in [3.05, 3.63) is 101 Å². The summed E-state index contributed by atoms with van der Waals surface area (Å²) in [5, 5.41) is 0. The predicted octanol–water partition coefficient (Wildman–Crippen LogP) is 4.56. The third-order valence-electron chi connectivity index (χ3n) is 4.62. The van der Waals surface area contributed by atoms with Crippen LogP contribution < -0.4 is 9.47 Å². The minimum Gasteiger partial charge on any atom is -0.486 e. The smallest absolute Gasteiger partial charge is 0.339 e. The third kappa shape index (κ3) is 4.41. The standard InChI is InChI=1S/C25H20O5/c26-24(19-12-13-22-23(17-19)29-16-15-28-22)20-10-4-5-11-21(20)25(27)30-14-6-9-18-7-2-1-3-8-18/h1-13,17H,14-16H2/b9-6+. The lowest BCUT2D eigenvalue weighted by atomic mass is 9.98. The summed E-state index contributed by atoms with van der Waals surface area (Å²) < 4.78 is 16.4. The zero-order valence-electron chi connectivity index (χ0n) is 16.2. The number of hydrogen-bond acceptors (Lipinski definition) is 5. The molecule has 150 valence electrons. The molecule has 3 aromatic carbocycles. The predicted molar refractivity (Wildman–Crippen MR) is 113 cm³/mol. The Bertz CT molecular complexity index is 1090. The van der Waals surface area contributed by atoms with Gasteiger partial charge >= 0.3 is 5.97 Å². The van der Waals surface area contributed by atoms with E-state index in [2.05, 4.69) is 0 Å². The lowest BCUT2D eigenvalue weighted by molar-refractivity contribution is 0.0547. The Morgan fingerprint density at radius 1 is 0.833 bits per heavy atom. The van der Waals surface area contributed by atoms with E-state index in [1.807, 2.05) is 36.4 Å². The molecule has 4 rings (SSSR count). The van der Waals surface area contributed by atoms with Gasteiger partial charge in [-0.1, -0.05) is 54.6 Å². The highest BCUT2D eigenvalue weighted by atomic mass is 16.6. The van der Waals surface area contributed by atoms with Crippen molar-refractivity contribution < 1.29 is 23.8 Å². The Morgan fingerprint density at radius 2 is 1.53 bits per heavy atom. The number of carbonyl (C=O) groups excluding carboxylic acids is 2. The maximum absolute atomic E-state index is 13.1. The van der Waals surface area contributed by atoms with E-state index in [4.69, 9.17) is 14.2 Å². The summed E-state index contributed by atoms with van der Waals surface area (Å²) in [7, 11) is 0. The molecule has 5 nitrogen and oxygen atoms in total. The molecule has 0 amide bonds. The molecule has 5 heteroatoms. The number of hydrogen-bond donors (Lipinski definition) is 0. The number of carbonyl (C=O) groups is 2. The molecule has 0 unspecified atom stereocenters. The summed E-state index contributed by atoms with van der Waals surface area (Å²) >= 11 is 0. The molecule has 0 N–H and O–H groups in total. The van der Waals surface area contributed by atoms with Gasteiger partial charge in [0.05, 0.1) is 5.56 Å². The van der Waals surface area contributed by atoms with E-state index < -0.39 is 5.97 Å². The van der Waals surface area contributed by atoms with Gasteiger partial charge in [0.2, 0.25) is 0 Å². The first-order valence-corrected chi connectivity index (χ1v) is 9.64. The first-order chi connectivity index (χ1) is 14.7. The highest BCUT2D eigenvalue weighted by molar-refractivity contribution is 6.14. The molecule has 0 fully saturated rings. The van der Waals surface area contributed by atoms with Crippen molar-refractivity contribution in [2.75, 3.05) is 19.8 Å². The second kappa shape index (κ2) is 9.09. The summed E-state index contributed by atoms with van der Waals surface area (Å²) in [4.78, 5) is 25.6. The van der Waals surface area contributed by atoms with Gasteiger partial charge in [-0.2, -0.15) is 0 Å². The summed E-state index contributed by atoms with van der Waals surface area (Å²) in [5.41, 5.74) is 1.95. The largest absolute Gasteiger partial charge is 0.486 e. The quantitative estimate of drug-likeness (QED) is 0.448. The molecule has 0 atom stereocenters. The van der Waals surface area contributed by atoms with Gasteiger partial charge < -0.3 is 14.2 Å². The van der Waals surface area contributed by atoms with Gasteiger partial charge in [-0.05, 0) is 35.9 Å². The number of rotatable bonds is 6. The first-order valence-electron chi connectivity index (χ1n) is 9.64. The molecule has 0 saturated heterocycles. The number of benzene rings is 3. The number of ether oxygens (including phenoxy) is 3. The van der Waals surface area contributed by atoms with Crippen molar-refractivity contribution >= 4 is 17.8 Å². The van der Waals surface area contributed by atoms with Crippen LogP contribution in [-0.4, -0.2) is 31.6 Å². The van der Waals surface area contributed by atoms with Crippen LogP contribution in [-0.2, 0) is 4.74 Å². The van der Waals surface area contributed by atoms with Crippen LogP contribution in [0.25, 0.3) is 6.08 Å². The molecule has 0 aliphatic carbocycles. The van der Waals surface area contributed by atoms with Crippen molar-refractivity contribution in [3.63, 3.8) is 0 Å². The van der Waals surface area contributed by atoms with E-state index >= 15 is 0 Å². The van der Waals surface area contributed by atoms with Crippen LogP contribution in [0.4, 0.5) is 0 Å². The Balaban J connectivity index is 1.48. The molecule has 1 aliphatic rings.